The molecule has 1 aromatic carbocycles. The Balaban J connectivity index is 3.61. The summed E-state index contributed by atoms with van der Waals surface area (Å²) in [6.07, 6.45) is -5.34. The monoisotopic (exact) mass is 245 g/mol. The van der Waals surface area contributed by atoms with Crippen molar-refractivity contribution in [1.82, 2.24) is 0 Å². The highest BCUT2D eigenvalue weighted by molar-refractivity contribution is 5.39. The first-order valence-electron chi connectivity index (χ1n) is 3.55. The summed E-state index contributed by atoms with van der Waals surface area (Å²) in [6, 6.07) is -0.395. The predicted molar refractivity (Wildman–Crippen MR) is 38.0 cm³/mol. The van der Waals surface area contributed by atoms with Crippen LogP contribution in [0.15, 0.2) is 6.07 Å². The molecule has 1 aromatic rings. The van der Waals surface area contributed by atoms with Crippen LogP contribution in [0.1, 0.15) is 5.56 Å². The molecule has 0 aliphatic heterocycles. The van der Waals surface area contributed by atoms with Gasteiger partial charge in [0.1, 0.15) is 5.56 Å². The highest BCUT2D eigenvalue weighted by atomic mass is 19.4. The van der Waals surface area contributed by atoms with Crippen molar-refractivity contribution in [3.63, 3.8) is 0 Å². The minimum Gasteiger partial charge on any atom is -0.258 e. The van der Waals surface area contributed by atoms with Gasteiger partial charge in [-0.1, -0.05) is 0 Å². The van der Waals surface area contributed by atoms with Gasteiger partial charge >= 0.3 is 11.9 Å². The average molecular weight is 245 g/mol. The lowest BCUT2D eigenvalue weighted by molar-refractivity contribution is -0.388. The Kier molecular flexibility index (Phi) is 2.80. The molecule has 0 N–H and O–H groups in total. The largest absolute Gasteiger partial charge is 0.419 e. The number of hydrogen-bond donors (Lipinski definition) is 0. The summed E-state index contributed by atoms with van der Waals surface area (Å²) >= 11 is 0. The summed E-state index contributed by atoms with van der Waals surface area (Å²) in [5.41, 5.74) is -4.00. The third kappa shape index (κ3) is 1.92. The molecule has 16 heavy (non-hydrogen) atoms. The molecule has 0 atom stereocenters. The van der Waals surface area contributed by atoms with Gasteiger partial charge in [0.25, 0.3) is 0 Å². The molecule has 0 amide bonds. The van der Waals surface area contributed by atoms with E-state index in [4.69, 9.17) is 0 Å². The van der Waals surface area contributed by atoms with Gasteiger partial charge in [-0.05, 0) is 0 Å². The molecule has 0 heterocycles. The van der Waals surface area contributed by atoms with E-state index in [1.165, 1.54) is 0 Å². The molecule has 3 nitrogen and oxygen atoms in total. The molecule has 0 saturated carbocycles. The van der Waals surface area contributed by atoms with Crippen LogP contribution in [0.25, 0.3) is 0 Å². The number of rotatable bonds is 1. The van der Waals surface area contributed by atoms with E-state index < -0.39 is 45.9 Å². The molecule has 0 spiro atoms. The zero-order valence-electron chi connectivity index (χ0n) is 7.11. The molecular weight excluding hydrogens is 244 g/mol. The van der Waals surface area contributed by atoms with Gasteiger partial charge in [-0.25, -0.2) is 8.78 Å². The van der Waals surface area contributed by atoms with E-state index in [0.29, 0.717) is 0 Å². The number of hydrogen-bond acceptors (Lipinski definition) is 2. The van der Waals surface area contributed by atoms with Crippen molar-refractivity contribution >= 4 is 5.69 Å². The average Bonchev–Trinajstić information content (AvgIpc) is 2.11. The normalized spacial score (nSPS) is 11.6. The molecule has 88 valence electrons. The van der Waals surface area contributed by atoms with Gasteiger partial charge in [0, 0.05) is 6.07 Å². The lowest BCUT2D eigenvalue weighted by atomic mass is 10.1. The Bertz CT molecular complexity index is 455. The number of nitro benzene ring substituents is 1. The van der Waals surface area contributed by atoms with E-state index in [1.807, 2.05) is 0 Å². The van der Waals surface area contributed by atoms with E-state index in [9.17, 15) is 36.5 Å². The van der Waals surface area contributed by atoms with E-state index in [-0.39, 0.29) is 0 Å². The Hall–Kier alpha value is -1.80. The van der Waals surface area contributed by atoms with Crippen LogP contribution < -0.4 is 0 Å². The van der Waals surface area contributed by atoms with Gasteiger partial charge in [-0.3, -0.25) is 10.1 Å². The zero-order valence-corrected chi connectivity index (χ0v) is 7.11. The van der Waals surface area contributed by atoms with Gasteiger partial charge in [0.05, 0.1) is 4.92 Å². The first-order valence-corrected chi connectivity index (χ1v) is 3.55. The predicted octanol–water partition coefficient (Wildman–Crippen LogP) is 3.03. The molecule has 9 heteroatoms. The molecular formula is C7HF6NO2. The molecule has 0 aromatic heterocycles. The number of halogens is 6. The Morgan fingerprint density at radius 3 is 1.94 bits per heavy atom. The van der Waals surface area contributed by atoms with Gasteiger partial charge in [-0.2, -0.15) is 17.6 Å². The third-order valence-corrected chi connectivity index (χ3v) is 1.63. The minimum atomic E-state index is -5.34. The second-order valence-electron chi connectivity index (χ2n) is 2.64. The van der Waals surface area contributed by atoms with Crippen molar-refractivity contribution in [1.29, 1.82) is 0 Å². The summed E-state index contributed by atoms with van der Waals surface area (Å²) < 4.78 is 74.0. The van der Waals surface area contributed by atoms with E-state index in [0.717, 1.165) is 0 Å². The maximum Gasteiger partial charge on any atom is 0.419 e. The van der Waals surface area contributed by atoms with E-state index in [2.05, 4.69) is 0 Å². The van der Waals surface area contributed by atoms with Gasteiger partial charge < -0.3 is 0 Å². The molecule has 0 fully saturated rings. The standard InChI is InChI=1S/C7HF6NO2/c8-4-2(7(11,12)13)1-3(14(15)16)5(9)6(4)10/h1H. The van der Waals surface area contributed by atoms with Crippen molar-refractivity contribution in [2.24, 2.45) is 0 Å². The van der Waals surface area contributed by atoms with Crippen molar-refractivity contribution < 1.29 is 31.3 Å². The van der Waals surface area contributed by atoms with Gasteiger partial charge in [-0.15, -0.1) is 0 Å². The van der Waals surface area contributed by atoms with Crippen molar-refractivity contribution in [3.05, 3.63) is 39.2 Å². The first-order chi connectivity index (χ1) is 7.16. The summed E-state index contributed by atoms with van der Waals surface area (Å²) in [6.45, 7) is 0. The summed E-state index contributed by atoms with van der Waals surface area (Å²) in [5.74, 6) is -7.30. The number of alkyl halides is 3. The maximum atomic E-state index is 12.7. The van der Waals surface area contributed by atoms with Gasteiger partial charge in [0.2, 0.25) is 11.6 Å². The topological polar surface area (TPSA) is 43.1 Å². The second-order valence-corrected chi connectivity index (χ2v) is 2.64. The molecule has 0 aliphatic rings. The zero-order chi connectivity index (χ0) is 12.7. The van der Waals surface area contributed by atoms with Crippen LogP contribution >= 0.6 is 0 Å². The summed E-state index contributed by atoms with van der Waals surface area (Å²) in [7, 11) is 0. The summed E-state index contributed by atoms with van der Waals surface area (Å²) in [5, 5.41) is 10.1. The van der Waals surface area contributed by atoms with Crippen LogP contribution in [-0.4, -0.2) is 4.92 Å². The fraction of sp³-hybridized carbons (Fsp3) is 0.143. The van der Waals surface area contributed by atoms with Crippen LogP contribution in [0, 0.1) is 27.6 Å². The number of nitrogens with zero attached hydrogens (tertiary/aromatic N) is 1. The van der Waals surface area contributed by atoms with Crippen molar-refractivity contribution in [2.45, 2.75) is 6.18 Å². The third-order valence-electron chi connectivity index (χ3n) is 1.63. The smallest absolute Gasteiger partial charge is 0.258 e. The molecule has 0 unspecified atom stereocenters. The highest BCUT2D eigenvalue weighted by Gasteiger charge is 2.39. The number of nitro groups is 1. The second kappa shape index (κ2) is 3.65. The highest BCUT2D eigenvalue weighted by Crippen LogP contribution is 2.36. The van der Waals surface area contributed by atoms with Crippen LogP contribution in [-0.2, 0) is 6.18 Å². The molecule has 0 radical (unpaired) electrons. The quantitative estimate of drug-likeness (QED) is 0.330. The SMILES string of the molecule is O=[N+]([O-])c1cc(C(F)(F)F)c(F)c(F)c1F. The fourth-order valence-corrected chi connectivity index (χ4v) is 0.930. The molecule has 0 bridgehead atoms. The van der Waals surface area contributed by atoms with Crippen LogP contribution in [0.4, 0.5) is 32.0 Å². The minimum absolute atomic E-state index is 0.395. The van der Waals surface area contributed by atoms with Gasteiger partial charge in [0.15, 0.2) is 5.82 Å². The van der Waals surface area contributed by atoms with Crippen LogP contribution in [0.5, 0.6) is 0 Å². The molecule has 1 rings (SSSR count). The van der Waals surface area contributed by atoms with E-state index >= 15 is 0 Å². The lowest BCUT2D eigenvalue weighted by Gasteiger charge is -2.08. The Morgan fingerprint density at radius 2 is 1.56 bits per heavy atom. The lowest BCUT2D eigenvalue weighted by Crippen LogP contribution is -2.12. The van der Waals surface area contributed by atoms with E-state index in [1.54, 1.807) is 0 Å². The maximum absolute atomic E-state index is 12.7. The van der Waals surface area contributed by atoms with Crippen molar-refractivity contribution in [2.75, 3.05) is 0 Å². The van der Waals surface area contributed by atoms with Crippen LogP contribution in [0.2, 0.25) is 0 Å². The number of benzene rings is 1. The Labute approximate surface area is 83.4 Å². The molecule has 0 saturated heterocycles. The molecule has 0 aliphatic carbocycles. The fourth-order valence-electron chi connectivity index (χ4n) is 0.930. The van der Waals surface area contributed by atoms with Crippen LogP contribution in [0.3, 0.4) is 0 Å². The summed E-state index contributed by atoms with van der Waals surface area (Å²) in [4.78, 5) is 8.50. The Morgan fingerprint density at radius 1 is 1.06 bits per heavy atom. The first kappa shape index (κ1) is 12.3. The van der Waals surface area contributed by atoms with Crippen molar-refractivity contribution in [3.8, 4) is 0 Å².